The minimum atomic E-state index is -0.490. The number of aliphatic hydroxyl groups excluding tert-OH is 2. The summed E-state index contributed by atoms with van der Waals surface area (Å²) in [6.45, 7) is 6.18. The molecule has 0 bridgehead atoms. The van der Waals surface area contributed by atoms with Crippen molar-refractivity contribution < 1.29 is 24.7 Å². The van der Waals surface area contributed by atoms with Gasteiger partial charge in [-0.1, -0.05) is 23.7 Å². The molecular formula is C15H25ClN2O3+2. The van der Waals surface area contributed by atoms with Gasteiger partial charge in [-0.25, -0.2) is 0 Å². The van der Waals surface area contributed by atoms with Crippen molar-refractivity contribution in [1.82, 2.24) is 0 Å². The fraction of sp³-hybridized carbons (Fsp3) is 0.600. The second-order valence-electron chi connectivity index (χ2n) is 5.57. The highest BCUT2D eigenvalue weighted by atomic mass is 35.5. The molecule has 0 aliphatic carbocycles. The van der Waals surface area contributed by atoms with Gasteiger partial charge in [0, 0.05) is 0 Å². The van der Waals surface area contributed by atoms with E-state index in [1.54, 1.807) is 12.1 Å². The van der Waals surface area contributed by atoms with Crippen LogP contribution in [-0.2, 0) is 0 Å². The summed E-state index contributed by atoms with van der Waals surface area (Å²) >= 11 is 6.01. The maximum absolute atomic E-state index is 10.1. The molecule has 1 aromatic carbocycles. The summed E-state index contributed by atoms with van der Waals surface area (Å²) in [5.74, 6) is 0.616. The maximum atomic E-state index is 10.1. The van der Waals surface area contributed by atoms with Crippen LogP contribution in [0.5, 0.6) is 5.75 Å². The number of aliphatic hydroxyl groups is 2. The third-order valence-corrected chi connectivity index (χ3v) is 4.23. The molecule has 118 valence electrons. The molecule has 4 N–H and O–H groups in total. The predicted octanol–water partition coefficient (Wildman–Crippen LogP) is -2.14. The van der Waals surface area contributed by atoms with Gasteiger partial charge in [0.1, 0.15) is 57.7 Å². The van der Waals surface area contributed by atoms with E-state index in [4.69, 9.17) is 21.4 Å². The van der Waals surface area contributed by atoms with Crippen molar-refractivity contribution in [3.05, 3.63) is 29.3 Å². The summed E-state index contributed by atoms with van der Waals surface area (Å²) in [6, 6.07) is 7.29. The maximum Gasteiger partial charge on any atom is 0.138 e. The van der Waals surface area contributed by atoms with Crippen molar-refractivity contribution in [3.63, 3.8) is 0 Å². The number of hydrogen-bond acceptors (Lipinski definition) is 3. The zero-order valence-electron chi connectivity index (χ0n) is 12.2. The molecule has 0 spiro atoms. The van der Waals surface area contributed by atoms with Crippen molar-refractivity contribution in [2.24, 2.45) is 0 Å². The summed E-state index contributed by atoms with van der Waals surface area (Å²) in [7, 11) is 0. The van der Waals surface area contributed by atoms with Crippen molar-refractivity contribution in [2.45, 2.75) is 6.10 Å². The van der Waals surface area contributed by atoms with Crippen LogP contribution in [0.1, 0.15) is 0 Å². The van der Waals surface area contributed by atoms with Crippen LogP contribution in [0.25, 0.3) is 0 Å². The molecule has 0 amide bonds. The number of benzene rings is 1. The Morgan fingerprint density at radius 2 is 1.81 bits per heavy atom. The second kappa shape index (κ2) is 8.56. The number of hydrogen-bond donors (Lipinski definition) is 4. The fourth-order valence-corrected chi connectivity index (χ4v) is 2.90. The zero-order chi connectivity index (χ0) is 15.1. The van der Waals surface area contributed by atoms with Crippen LogP contribution >= 0.6 is 11.6 Å². The molecule has 2 rings (SSSR count). The monoisotopic (exact) mass is 316 g/mol. The molecule has 0 aromatic heterocycles. The lowest BCUT2D eigenvalue weighted by Crippen LogP contribution is -3.28. The lowest BCUT2D eigenvalue weighted by molar-refractivity contribution is -1.01. The first-order valence-electron chi connectivity index (χ1n) is 7.52. The van der Waals surface area contributed by atoms with Crippen LogP contribution in [0.4, 0.5) is 0 Å². The van der Waals surface area contributed by atoms with Crippen LogP contribution in [0.2, 0.25) is 5.02 Å². The lowest BCUT2D eigenvalue weighted by Gasteiger charge is -2.30. The Balaban J connectivity index is 1.68. The Morgan fingerprint density at radius 1 is 1.14 bits per heavy atom. The van der Waals surface area contributed by atoms with Gasteiger partial charge in [0.05, 0.1) is 11.6 Å². The van der Waals surface area contributed by atoms with Crippen LogP contribution in [0, 0.1) is 0 Å². The summed E-state index contributed by atoms with van der Waals surface area (Å²) < 4.78 is 5.57. The van der Waals surface area contributed by atoms with E-state index in [0.717, 1.165) is 32.7 Å². The van der Waals surface area contributed by atoms with Crippen molar-refractivity contribution in [1.29, 1.82) is 0 Å². The largest absolute Gasteiger partial charge is 0.489 e. The van der Waals surface area contributed by atoms with Gasteiger partial charge in [-0.2, -0.15) is 0 Å². The van der Waals surface area contributed by atoms with Crippen LogP contribution in [0.3, 0.4) is 0 Å². The molecule has 1 saturated heterocycles. The molecule has 0 radical (unpaired) electrons. The third kappa shape index (κ3) is 5.45. The fourth-order valence-electron chi connectivity index (χ4n) is 2.71. The molecule has 1 aliphatic rings. The molecular weight excluding hydrogens is 292 g/mol. The molecule has 0 unspecified atom stereocenters. The van der Waals surface area contributed by atoms with Crippen LogP contribution < -0.4 is 14.5 Å². The number of halogens is 1. The minimum absolute atomic E-state index is 0.249. The summed E-state index contributed by atoms with van der Waals surface area (Å²) in [4.78, 5) is 2.84. The van der Waals surface area contributed by atoms with Crippen LogP contribution in [0.15, 0.2) is 24.3 Å². The molecule has 1 fully saturated rings. The van der Waals surface area contributed by atoms with Gasteiger partial charge < -0.3 is 24.7 Å². The van der Waals surface area contributed by atoms with E-state index in [1.807, 2.05) is 12.1 Å². The van der Waals surface area contributed by atoms with Crippen molar-refractivity contribution >= 4 is 11.6 Å². The topological polar surface area (TPSA) is 58.6 Å². The van der Waals surface area contributed by atoms with E-state index in [2.05, 4.69) is 0 Å². The Kier molecular flexibility index (Phi) is 6.73. The predicted molar refractivity (Wildman–Crippen MR) is 81.2 cm³/mol. The first kappa shape index (κ1) is 16.5. The number of para-hydroxylation sites is 1. The molecule has 0 saturated carbocycles. The van der Waals surface area contributed by atoms with Gasteiger partial charge in [-0.15, -0.1) is 0 Å². The molecule has 6 heteroatoms. The summed E-state index contributed by atoms with van der Waals surface area (Å²) in [5.41, 5.74) is 0. The highest BCUT2D eigenvalue weighted by Crippen LogP contribution is 2.22. The smallest absolute Gasteiger partial charge is 0.138 e. The van der Waals surface area contributed by atoms with Gasteiger partial charge in [-0.05, 0) is 12.1 Å². The molecule has 21 heavy (non-hydrogen) atoms. The summed E-state index contributed by atoms with van der Waals surface area (Å²) in [6.07, 6.45) is -0.490. The van der Waals surface area contributed by atoms with E-state index >= 15 is 0 Å². The molecule has 1 aliphatic heterocycles. The molecule has 1 atom stereocenters. The van der Waals surface area contributed by atoms with Crippen LogP contribution in [-0.4, -0.2) is 68.8 Å². The SMILES string of the molecule is OCC[NH+]1CC[NH+](C[C@H](O)COc2ccccc2Cl)CC1. The Bertz CT molecular complexity index is 425. The second-order valence-corrected chi connectivity index (χ2v) is 5.98. The van der Waals surface area contributed by atoms with E-state index in [-0.39, 0.29) is 13.2 Å². The number of ether oxygens (including phenoxy) is 1. The van der Waals surface area contributed by atoms with Gasteiger partial charge in [-0.3, -0.25) is 0 Å². The van der Waals surface area contributed by atoms with E-state index in [0.29, 0.717) is 17.3 Å². The Morgan fingerprint density at radius 3 is 2.48 bits per heavy atom. The average Bonchev–Trinajstić information content (AvgIpc) is 2.49. The normalized spacial score (nSPS) is 23.8. The molecule has 1 aromatic rings. The number of nitrogens with one attached hydrogen (secondary N) is 2. The van der Waals surface area contributed by atoms with Gasteiger partial charge >= 0.3 is 0 Å². The number of quaternary nitrogens is 2. The van der Waals surface area contributed by atoms with Crippen molar-refractivity contribution in [2.75, 3.05) is 52.5 Å². The van der Waals surface area contributed by atoms with Gasteiger partial charge in [0.15, 0.2) is 0 Å². The Hall–Kier alpha value is -0.850. The average molecular weight is 317 g/mol. The molecule has 1 heterocycles. The quantitative estimate of drug-likeness (QED) is 0.464. The minimum Gasteiger partial charge on any atom is -0.489 e. The number of rotatable bonds is 7. The molecule has 5 nitrogen and oxygen atoms in total. The van der Waals surface area contributed by atoms with Crippen molar-refractivity contribution in [3.8, 4) is 5.75 Å². The first-order valence-corrected chi connectivity index (χ1v) is 7.90. The first-order chi connectivity index (χ1) is 10.2. The van der Waals surface area contributed by atoms with E-state index < -0.39 is 6.10 Å². The van der Waals surface area contributed by atoms with E-state index in [9.17, 15) is 5.11 Å². The Labute approximate surface area is 130 Å². The number of piperazine rings is 1. The zero-order valence-corrected chi connectivity index (χ0v) is 13.0. The third-order valence-electron chi connectivity index (χ3n) is 3.92. The van der Waals surface area contributed by atoms with Gasteiger partial charge in [0.25, 0.3) is 0 Å². The highest BCUT2D eigenvalue weighted by molar-refractivity contribution is 6.32. The highest BCUT2D eigenvalue weighted by Gasteiger charge is 2.24. The van der Waals surface area contributed by atoms with Gasteiger partial charge in [0.2, 0.25) is 0 Å². The van der Waals surface area contributed by atoms with E-state index in [1.165, 1.54) is 9.80 Å². The standard InChI is InChI=1S/C15H23ClN2O3/c16-14-3-1-2-4-15(14)21-12-13(20)11-18-7-5-17(6-8-18)9-10-19/h1-4,13,19-20H,5-12H2/p+2/t13-/m0/s1. The summed E-state index contributed by atoms with van der Waals surface area (Å²) in [5, 5.41) is 19.6. The lowest BCUT2D eigenvalue weighted by atomic mass is 10.2.